The number of hydrogen-bond acceptors (Lipinski definition) is 4. The average Bonchev–Trinajstić information content (AvgIpc) is 2.70. The van der Waals surface area contributed by atoms with Crippen LogP contribution in [0.15, 0.2) is 36.4 Å². The van der Waals surface area contributed by atoms with Gasteiger partial charge in [-0.05, 0) is 61.6 Å². The number of aryl methyl sites for hydroxylation is 2. The number of methoxy groups -OCH3 is 1. The molecule has 1 atom stereocenters. The van der Waals surface area contributed by atoms with Gasteiger partial charge in [-0.15, -0.1) is 0 Å². The number of carbonyl (C=O) groups excluding carboxylic acids is 1. The zero-order chi connectivity index (χ0) is 23.2. The summed E-state index contributed by atoms with van der Waals surface area (Å²) in [7, 11) is -1.88. The van der Waals surface area contributed by atoms with Crippen molar-refractivity contribution in [1.29, 1.82) is 0 Å². The van der Waals surface area contributed by atoms with Crippen LogP contribution >= 0.6 is 11.6 Å². The number of amides is 1. The first-order valence-electron chi connectivity index (χ1n) is 10.2. The second-order valence-electron chi connectivity index (χ2n) is 7.63. The van der Waals surface area contributed by atoms with Gasteiger partial charge >= 0.3 is 0 Å². The van der Waals surface area contributed by atoms with E-state index in [1.807, 2.05) is 39.0 Å². The van der Waals surface area contributed by atoms with Crippen LogP contribution in [0.2, 0.25) is 5.02 Å². The maximum atomic E-state index is 12.6. The lowest BCUT2D eigenvalue weighted by atomic mass is 10.0. The lowest BCUT2D eigenvalue weighted by Crippen LogP contribution is -2.33. The minimum atomic E-state index is -3.51. The maximum absolute atomic E-state index is 12.6. The van der Waals surface area contributed by atoms with E-state index in [-0.39, 0.29) is 24.9 Å². The largest absolute Gasteiger partial charge is 0.496 e. The van der Waals surface area contributed by atoms with Crippen LogP contribution in [0.25, 0.3) is 0 Å². The SMILES string of the molecule is CCC(NC(=O)CCCN(c1cc(Cl)ccc1C)S(C)(=O)=O)c1ccc(OC)c(C)c1. The Labute approximate surface area is 190 Å². The van der Waals surface area contributed by atoms with Gasteiger partial charge in [-0.3, -0.25) is 9.10 Å². The Morgan fingerprint density at radius 2 is 1.87 bits per heavy atom. The van der Waals surface area contributed by atoms with E-state index >= 15 is 0 Å². The molecular formula is C23H31ClN2O4S. The van der Waals surface area contributed by atoms with Crippen LogP contribution in [0.1, 0.15) is 48.9 Å². The molecule has 0 aliphatic heterocycles. The van der Waals surface area contributed by atoms with E-state index in [9.17, 15) is 13.2 Å². The summed E-state index contributed by atoms with van der Waals surface area (Å²) >= 11 is 6.06. The Bertz CT molecular complexity index is 1020. The molecule has 0 saturated heterocycles. The van der Waals surface area contributed by atoms with Crippen molar-refractivity contribution in [2.45, 2.75) is 46.1 Å². The third-order valence-electron chi connectivity index (χ3n) is 5.17. The van der Waals surface area contributed by atoms with Gasteiger partial charge in [0, 0.05) is 18.0 Å². The summed E-state index contributed by atoms with van der Waals surface area (Å²) in [5.41, 5.74) is 3.37. The number of nitrogens with zero attached hydrogens (tertiary/aromatic N) is 1. The van der Waals surface area contributed by atoms with Crippen molar-refractivity contribution in [3.8, 4) is 5.75 Å². The molecule has 0 aliphatic carbocycles. The van der Waals surface area contributed by atoms with Crippen LogP contribution in [-0.4, -0.2) is 34.2 Å². The van der Waals surface area contributed by atoms with E-state index in [2.05, 4.69) is 5.32 Å². The molecule has 0 fully saturated rings. The molecule has 2 aromatic carbocycles. The summed E-state index contributed by atoms with van der Waals surface area (Å²) in [6, 6.07) is 10.9. The first-order chi connectivity index (χ1) is 14.6. The van der Waals surface area contributed by atoms with Crippen LogP contribution in [-0.2, 0) is 14.8 Å². The Hall–Kier alpha value is -2.25. The molecule has 1 unspecified atom stereocenters. The second kappa shape index (κ2) is 10.9. The van der Waals surface area contributed by atoms with Crippen molar-refractivity contribution in [1.82, 2.24) is 5.32 Å². The monoisotopic (exact) mass is 466 g/mol. The van der Waals surface area contributed by atoms with Gasteiger partial charge in [0.2, 0.25) is 15.9 Å². The summed E-state index contributed by atoms with van der Waals surface area (Å²) in [4.78, 5) is 12.6. The number of sulfonamides is 1. The molecule has 0 saturated carbocycles. The quantitative estimate of drug-likeness (QED) is 0.546. The Kier molecular flexibility index (Phi) is 8.77. The molecule has 2 rings (SSSR count). The van der Waals surface area contributed by atoms with Crippen molar-refractivity contribution in [2.75, 3.05) is 24.2 Å². The standard InChI is InChI=1S/C23H31ClN2O4S/c1-6-20(18-10-12-22(30-4)17(3)14-18)25-23(27)8-7-13-26(31(5,28)29)21-15-19(24)11-9-16(21)2/h9-12,14-15,20H,6-8,13H2,1-5H3,(H,25,27). The molecule has 0 bridgehead atoms. The van der Waals surface area contributed by atoms with E-state index in [0.29, 0.717) is 17.1 Å². The van der Waals surface area contributed by atoms with Gasteiger partial charge in [0.1, 0.15) is 5.75 Å². The molecule has 0 heterocycles. The number of benzene rings is 2. The smallest absolute Gasteiger partial charge is 0.232 e. The number of halogens is 1. The Morgan fingerprint density at radius 1 is 1.16 bits per heavy atom. The lowest BCUT2D eigenvalue weighted by molar-refractivity contribution is -0.121. The fourth-order valence-corrected chi connectivity index (χ4v) is 4.69. The molecule has 0 aromatic heterocycles. The number of nitrogens with one attached hydrogen (secondary N) is 1. The molecule has 2 aromatic rings. The van der Waals surface area contributed by atoms with Crippen LogP contribution < -0.4 is 14.4 Å². The van der Waals surface area contributed by atoms with Gasteiger partial charge in [0.05, 0.1) is 25.1 Å². The van der Waals surface area contributed by atoms with Crippen molar-refractivity contribution in [2.24, 2.45) is 0 Å². The number of rotatable bonds is 10. The summed E-state index contributed by atoms with van der Waals surface area (Å²) < 4.78 is 31.3. The van der Waals surface area contributed by atoms with Crippen LogP contribution in [0.4, 0.5) is 5.69 Å². The van der Waals surface area contributed by atoms with Gasteiger partial charge in [-0.25, -0.2) is 8.42 Å². The molecule has 8 heteroatoms. The first-order valence-corrected chi connectivity index (χ1v) is 12.5. The average molecular weight is 467 g/mol. The summed E-state index contributed by atoms with van der Waals surface area (Å²) in [5.74, 6) is 0.693. The predicted molar refractivity (Wildman–Crippen MR) is 127 cm³/mol. The van der Waals surface area contributed by atoms with E-state index in [0.717, 1.165) is 35.1 Å². The molecule has 0 radical (unpaired) electrons. The van der Waals surface area contributed by atoms with Gasteiger partial charge in [-0.1, -0.05) is 36.7 Å². The van der Waals surface area contributed by atoms with Gasteiger partial charge in [-0.2, -0.15) is 0 Å². The van der Waals surface area contributed by atoms with Gasteiger partial charge in [0.15, 0.2) is 0 Å². The van der Waals surface area contributed by atoms with Crippen LogP contribution in [0.3, 0.4) is 0 Å². The molecule has 1 N–H and O–H groups in total. The molecule has 0 aliphatic rings. The van der Waals surface area contributed by atoms with E-state index in [4.69, 9.17) is 16.3 Å². The third-order valence-corrected chi connectivity index (χ3v) is 6.59. The number of hydrogen-bond donors (Lipinski definition) is 1. The highest BCUT2D eigenvalue weighted by Crippen LogP contribution is 2.27. The van der Waals surface area contributed by atoms with Crippen molar-refractivity contribution >= 4 is 33.2 Å². The fraction of sp³-hybridized carbons (Fsp3) is 0.435. The maximum Gasteiger partial charge on any atom is 0.232 e. The summed E-state index contributed by atoms with van der Waals surface area (Å²) in [6.45, 7) is 6.01. The molecule has 6 nitrogen and oxygen atoms in total. The van der Waals surface area contributed by atoms with E-state index in [1.165, 1.54) is 4.31 Å². The van der Waals surface area contributed by atoms with E-state index < -0.39 is 10.0 Å². The normalized spacial score (nSPS) is 12.3. The van der Waals surface area contributed by atoms with Crippen molar-refractivity contribution < 1.29 is 17.9 Å². The van der Waals surface area contributed by atoms with Crippen LogP contribution in [0, 0.1) is 13.8 Å². The van der Waals surface area contributed by atoms with Gasteiger partial charge in [0.25, 0.3) is 0 Å². The highest BCUT2D eigenvalue weighted by Gasteiger charge is 2.20. The lowest BCUT2D eigenvalue weighted by Gasteiger charge is -2.24. The number of carbonyl (C=O) groups is 1. The molecule has 170 valence electrons. The van der Waals surface area contributed by atoms with E-state index in [1.54, 1.807) is 25.3 Å². The highest BCUT2D eigenvalue weighted by molar-refractivity contribution is 7.92. The topological polar surface area (TPSA) is 75.7 Å². The fourth-order valence-electron chi connectivity index (χ4n) is 3.51. The third kappa shape index (κ3) is 6.87. The molecular weight excluding hydrogens is 436 g/mol. The number of ether oxygens (including phenoxy) is 1. The molecule has 0 spiro atoms. The molecule has 31 heavy (non-hydrogen) atoms. The zero-order valence-electron chi connectivity index (χ0n) is 18.7. The molecule has 1 amide bonds. The van der Waals surface area contributed by atoms with Crippen LogP contribution in [0.5, 0.6) is 5.75 Å². The minimum Gasteiger partial charge on any atom is -0.496 e. The highest BCUT2D eigenvalue weighted by atomic mass is 35.5. The first kappa shape index (κ1) is 25.0. The summed E-state index contributed by atoms with van der Waals surface area (Å²) in [5, 5.41) is 3.52. The Morgan fingerprint density at radius 3 is 2.45 bits per heavy atom. The Balaban J connectivity index is 2.03. The summed E-state index contributed by atoms with van der Waals surface area (Å²) in [6.07, 6.45) is 2.52. The van der Waals surface area contributed by atoms with Crippen molar-refractivity contribution in [3.05, 3.63) is 58.1 Å². The zero-order valence-corrected chi connectivity index (χ0v) is 20.3. The minimum absolute atomic E-state index is 0.113. The number of anilines is 1. The van der Waals surface area contributed by atoms with Crippen molar-refractivity contribution in [3.63, 3.8) is 0 Å². The predicted octanol–water partition coefficient (Wildman–Crippen LogP) is 4.78. The van der Waals surface area contributed by atoms with Gasteiger partial charge < -0.3 is 10.1 Å². The second-order valence-corrected chi connectivity index (χ2v) is 9.97.